The lowest BCUT2D eigenvalue weighted by molar-refractivity contribution is -0.137. The van der Waals surface area contributed by atoms with Crippen LogP contribution in [-0.4, -0.2) is 31.3 Å². The Labute approximate surface area is 96.2 Å². The van der Waals surface area contributed by atoms with E-state index in [0.29, 0.717) is 26.3 Å². The van der Waals surface area contributed by atoms with Crippen LogP contribution in [0.1, 0.15) is 5.56 Å². The summed E-state index contributed by atoms with van der Waals surface area (Å²) in [4.78, 5) is 5.65. The molecule has 4 nitrogen and oxygen atoms in total. The van der Waals surface area contributed by atoms with E-state index < -0.39 is 11.7 Å². The number of morpholine rings is 1. The molecule has 2 heterocycles. The van der Waals surface area contributed by atoms with Gasteiger partial charge in [-0.05, 0) is 12.1 Å². The zero-order chi connectivity index (χ0) is 12.5. The maximum absolute atomic E-state index is 12.6. The minimum Gasteiger partial charge on any atom is -0.384 e. The highest BCUT2D eigenvalue weighted by Gasteiger charge is 2.32. The van der Waals surface area contributed by atoms with Crippen molar-refractivity contribution >= 4 is 11.6 Å². The first-order valence-corrected chi connectivity index (χ1v) is 5.14. The normalized spacial score (nSPS) is 17.2. The van der Waals surface area contributed by atoms with Crippen molar-refractivity contribution in [3.8, 4) is 0 Å². The molecule has 1 saturated heterocycles. The molecule has 7 heteroatoms. The summed E-state index contributed by atoms with van der Waals surface area (Å²) in [5.74, 6) is 0.127. The second-order valence-corrected chi connectivity index (χ2v) is 3.74. The molecule has 0 bridgehead atoms. The number of rotatable bonds is 1. The van der Waals surface area contributed by atoms with Gasteiger partial charge < -0.3 is 15.4 Å². The zero-order valence-electron chi connectivity index (χ0n) is 9.00. The van der Waals surface area contributed by atoms with Crippen molar-refractivity contribution in [3.05, 3.63) is 17.7 Å². The van der Waals surface area contributed by atoms with E-state index >= 15 is 0 Å². The van der Waals surface area contributed by atoms with Crippen LogP contribution in [0.25, 0.3) is 0 Å². The van der Waals surface area contributed by atoms with Crippen molar-refractivity contribution in [1.29, 1.82) is 0 Å². The molecule has 2 rings (SSSR count). The first kappa shape index (κ1) is 12.0. The Kier molecular flexibility index (Phi) is 3.10. The Morgan fingerprint density at radius 2 is 1.88 bits per heavy atom. The van der Waals surface area contributed by atoms with E-state index in [1.54, 1.807) is 4.90 Å². The molecular formula is C10H12F3N3O. The highest BCUT2D eigenvalue weighted by molar-refractivity contribution is 5.49. The van der Waals surface area contributed by atoms with Gasteiger partial charge in [0, 0.05) is 13.1 Å². The van der Waals surface area contributed by atoms with Crippen LogP contribution in [0.5, 0.6) is 0 Å². The predicted octanol–water partition coefficient (Wildman–Crippen LogP) is 1.52. The molecule has 0 aliphatic carbocycles. The number of hydrogen-bond donors (Lipinski definition) is 1. The molecule has 2 N–H and O–H groups in total. The summed E-state index contributed by atoms with van der Waals surface area (Å²) >= 11 is 0. The number of anilines is 2. The topological polar surface area (TPSA) is 51.4 Å². The molecule has 0 amide bonds. The third kappa shape index (κ3) is 2.79. The monoisotopic (exact) mass is 247 g/mol. The van der Waals surface area contributed by atoms with Crippen molar-refractivity contribution in [2.24, 2.45) is 0 Å². The van der Waals surface area contributed by atoms with Crippen LogP contribution in [0.15, 0.2) is 12.1 Å². The van der Waals surface area contributed by atoms with Crippen molar-refractivity contribution in [3.63, 3.8) is 0 Å². The average Bonchev–Trinajstić information content (AvgIpc) is 2.28. The van der Waals surface area contributed by atoms with E-state index in [0.717, 1.165) is 12.1 Å². The molecule has 1 aliphatic rings. The van der Waals surface area contributed by atoms with E-state index in [1.165, 1.54) is 0 Å². The summed E-state index contributed by atoms with van der Waals surface area (Å²) in [6, 6.07) is 1.85. The Bertz CT molecular complexity index is 402. The van der Waals surface area contributed by atoms with Gasteiger partial charge in [-0.15, -0.1) is 0 Å². The van der Waals surface area contributed by atoms with Gasteiger partial charge in [-0.2, -0.15) is 13.2 Å². The van der Waals surface area contributed by atoms with E-state index in [2.05, 4.69) is 4.98 Å². The quantitative estimate of drug-likeness (QED) is 0.817. The minimum atomic E-state index is -4.40. The molecule has 0 radical (unpaired) electrons. The summed E-state index contributed by atoms with van der Waals surface area (Å²) in [6.07, 6.45) is -4.40. The van der Waals surface area contributed by atoms with Crippen LogP contribution < -0.4 is 10.6 Å². The summed E-state index contributed by atoms with van der Waals surface area (Å²) in [7, 11) is 0. The molecule has 0 saturated carbocycles. The molecule has 0 aromatic carbocycles. The van der Waals surface area contributed by atoms with Crippen LogP contribution in [0.4, 0.5) is 24.8 Å². The standard InChI is InChI=1S/C10H12F3N3O/c11-10(12,13)7-5-8(14)15-9(6-7)16-1-3-17-4-2-16/h5-6H,1-4H2,(H2,14,15). The Balaban J connectivity index is 2.31. The molecule has 1 aromatic heterocycles. The van der Waals surface area contributed by atoms with Gasteiger partial charge in [0.05, 0.1) is 18.8 Å². The van der Waals surface area contributed by atoms with Gasteiger partial charge in [0.15, 0.2) is 0 Å². The smallest absolute Gasteiger partial charge is 0.384 e. The summed E-state index contributed by atoms with van der Waals surface area (Å²) in [5.41, 5.74) is 4.62. The van der Waals surface area contributed by atoms with Gasteiger partial charge in [0.1, 0.15) is 11.6 Å². The van der Waals surface area contributed by atoms with Crippen LogP contribution in [-0.2, 0) is 10.9 Å². The second-order valence-electron chi connectivity index (χ2n) is 3.74. The number of nitrogens with zero attached hydrogens (tertiary/aromatic N) is 2. The number of halogens is 3. The van der Waals surface area contributed by atoms with Crippen molar-refractivity contribution in [2.45, 2.75) is 6.18 Å². The fraction of sp³-hybridized carbons (Fsp3) is 0.500. The molecule has 1 aliphatic heterocycles. The van der Waals surface area contributed by atoms with Gasteiger partial charge in [0.25, 0.3) is 0 Å². The Hall–Kier alpha value is -1.50. The lowest BCUT2D eigenvalue weighted by atomic mass is 10.2. The highest BCUT2D eigenvalue weighted by Crippen LogP contribution is 2.32. The van der Waals surface area contributed by atoms with E-state index in [9.17, 15) is 13.2 Å². The Morgan fingerprint density at radius 3 is 2.47 bits per heavy atom. The number of pyridine rings is 1. The number of ether oxygens (including phenoxy) is 1. The predicted molar refractivity (Wildman–Crippen MR) is 56.7 cm³/mol. The third-order valence-electron chi connectivity index (χ3n) is 2.49. The average molecular weight is 247 g/mol. The zero-order valence-corrected chi connectivity index (χ0v) is 9.00. The second kappa shape index (κ2) is 4.40. The molecular weight excluding hydrogens is 235 g/mol. The van der Waals surface area contributed by atoms with Gasteiger partial charge in [0.2, 0.25) is 0 Å². The van der Waals surface area contributed by atoms with Gasteiger partial charge in [-0.3, -0.25) is 0 Å². The van der Waals surface area contributed by atoms with Crippen LogP contribution in [0, 0.1) is 0 Å². The number of aromatic nitrogens is 1. The SMILES string of the molecule is Nc1cc(C(F)(F)F)cc(N2CCOCC2)n1. The lowest BCUT2D eigenvalue weighted by Gasteiger charge is -2.28. The largest absolute Gasteiger partial charge is 0.416 e. The van der Waals surface area contributed by atoms with Crippen LogP contribution >= 0.6 is 0 Å². The first-order valence-electron chi connectivity index (χ1n) is 5.14. The Morgan fingerprint density at radius 1 is 1.24 bits per heavy atom. The maximum Gasteiger partial charge on any atom is 0.416 e. The van der Waals surface area contributed by atoms with E-state index in [4.69, 9.17) is 10.5 Å². The number of nitrogens with two attached hydrogens (primary N) is 1. The molecule has 0 unspecified atom stereocenters. The van der Waals surface area contributed by atoms with Gasteiger partial charge in [-0.25, -0.2) is 4.98 Å². The van der Waals surface area contributed by atoms with E-state index in [1.807, 2.05) is 0 Å². The number of alkyl halides is 3. The number of hydrogen-bond acceptors (Lipinski definition) is 4. The van der Waals surface area contributed by atoms with Gasteiger partial charge >= 0.3 is 6.18 Å². The lowest BCUT2D eigenvalue weighted by Crippen LogP contribution is -2.37. The van der Waals surface area contributed by atoms with Crippen molar-refractivity contribution in [1.82, 2.24) is 4.98 Å². The fourth-order valence-corrected chi connectivity index (χ4v) is 1.66. The maximum atomic E-state index is 12.6. The molecule has 0 atom stereocenters. The first-order chi connectivity index (χ1) is 7.97. The van der Waals surface area contributed by atoms with Gasteiger partial charge in [-0.1, -0.05) is 0 Å². The number of nitrogen functional groups attached to an aromatic ring is 1. The van der Waals surface area contributed by atoms with Crippen LogP contribution in [0.2, 0.25) is 0 Å². The van der Waals surface area contributed by atoms with Crippen molar-refractivity contribution in [2.75, 3.05) is 36.9 Å². The highest BCUT2D eigenvalue weighted by atomic mass is 19.4. The van der Waals surface area contributed by atoms with Crippen molar-refractivity contribution < 1.29 is 17.9 Å². The minimum absolute atomic E-state index is 0.124. The molecule has 17 heavy (non-hydrogen) atoms. The molecule has 1 aromatic rings. The third-order valence-corrected chi connectivity index (χ3v) is 2.49. The molecule has 94 valence electrons. The molecule has 0 spiro atoms. The van der Waals surface area contributed by atoms with E-state index in [-0.39, 0.29) is 11.6 Å². The summed E-state index contributed by atoms with van der Waals surface area (Å²) in [6.45, 7) is 2.01. The summed E-state index contributed by atoms with van der Waals surface area (Å²) < 4.78 is 42.9. The summed E-state index contributed by atoms with van der Waals surface area (Å²) in [5, 5.41) is 0. The van der Waals surface area contributed by atoms with Crippen LogP contribution in [0.3, 0.4) is 0 Å². The molecule has 1 fully saturated rings. The fourth-order valence-electron chi connectivity index (χ4n) is 1.66.